The first kappa shape index (κ1) is 13.8. The normalized spacial score (nSPS) is 17.5. The summed E-state index contributed by atoms with van der Waals surface area (Å²) >= 11 is 0. The Morgan fingerprint density at radius 3 is 2.63 bits per heavy atom. The Bertz CT molecular complexity index is 402. The predicted molar refractivity (Wildman–Crippen MR) is 70.2 cm³/mol. The van der Waals surface area contributed by atoms with E-state index in [4.69, 9.17) is 0 Å². The molecule has 0 aliphatic carbocycles. The quantitative estimate of drug-likeness (QED) is 0.841. The molecule has 1 aromatic rings. The number of hydrogen-bond donors (Lipinski definition) is 2. The van der Waals surface area contributed by atoms with E-state index in [2.05, 4.69) is 46.7 Å². The van der Waals surface area contributed by atoms with Crippen LogP contribution in [0.4, 0.5) is 4.79 Å². The molecule has 19 heavy (non-hydrogen) atoms. The number of piperidine rings is 1. The van der Waals surface area contributed by atoms with Crippen molar-refractivity contribution >= 4 is 6.03 Å². The molecule has 1 aliphatic heterocycles. The van der Waals surface area contributed by atoms with Crippen molar-refractivity contribution in [1.29, 1.82) is 0 Å². The summed E-state index contributed by atoms with van der Waals surface area (Å²) in [5.74, 6) is 1.19. The van der Waals surface area contributed by atoms with Gasteiger partial charge in [0.15, 0.2) is 5.82 Å². The number of nitrogens with zero attached hydrogens (tertiary/aromatic N) is 4. The van der Waals surface area contributed by atoms with Crippen LogP contribution < -0.4 is 5.32 Å². The second-order valence-electron chi connectivity index (χ2n) is 6.11. The summed E-state index contributed by atoms with van der Waals surface area (Å²) in [5, 5.41) is 16.2. The summed E-state index contributed by atoms with van der Waals surface area (Å²) < 4.78 is 0. The fourth-order valence-corrected chi connectivity index (χ4v) is 2.47. The SMILES string of the molecule is CC(C)(C)C1CCN(C(=O)NCc2nn[nH]n2)CC1. The smallest absolute Gasteiger partial charge is 0.317 e. The Labute approximate surface area is 113 Å². The van der Waals surface area contributed by atoms with Crippen LogP contribution in [0.5, 0.6) is 0 Å². The van der Waals surface area contributed by atoms with E-state index >= 15 is 0 Å². The second kappa shape index (κ2) is 5.54. The molecule has 2 rings (SSSR count). The van der Waals surface area contributed by atoms with E-state index < -0.39 is 0 Å². The molecule has 1 aliphatic rings. The maximum absolute atomic E-state index is 12.0. The molecule has 7 heteroatoms. The zero-order chi connectivity index (χ0) is 13.9. The van der Waals surface area contributed by atoms with Crippen LogP contribution in [0.2, 0.25) is 0 Å². The van der Waals surface area contributed by atoms with E-state index in [-0.39, 0.29) is 6.03 Å². The summed E-state index contributed by atoms with van der Waals surface area (Å²) in [6, 6.07) is -0.0443. The first-order chi connectivity index (χ1) is 8.97. The summed E-state index contributed by atoms with van der Waals surface area (Å²) in [6.45, 7) is 8.76. The lowest BCUT2D eigenvalue weighted by Crippen LogP contribution is -2.46. The van der Waals surface area contributed by atoms with Crippen molar-refractivity contribution in [2.45, 2.75) is 40.2 Å². The second-order valence-corrected chi connectivity index (χ2v) is 6.11. The van der Waals surface area contributed by atoms with E-state index in [1.165, 1.54) is 0 Å². The van der Waals surface area contributed by atoms with Gasteiger partial charge in [-0.1, -0.05) is 26.0 Å². The number of aromatic amines is 1. The van der Waals surface area contributed by atoms with Crippen LogP contribution >= 0.6 is 0 Å². The minimum atomic E-state index is -0.0443. The largest absolute Gasteiger partial charge is 0.331 e. The number of hydrogen-bond acceptors (Lipinski definition) is 4. The van der Waals surface area contributed by atoms with Crippen molar-refractivity contribution in [1.82, 2.24) is 30.8 Å². The number of urea groups is 1. The molecule has 0 aromatic carbocycles. The zero-order valence-electron chi connectivity index (χ0n) is 11.8. The molecule has 1 aromatic heterocycles. The van der Waals surface area contributed by atoms with Crippen molar-refractivity contribution in [2.24, 2.45) is 11.3 Å². The Kier molecular flexibility index (Phi) is 4.01. The van der Waals surface area contributed by atoms with Crippen LogP contribution in [0.15, 0.2) is 0 Å². The molecule has 0 bridgehead atoms. The van der Waals surface area contributed by atoms with Crippen molar-refractivity contribution < 1.29 is 4.79 Å². The average molecular weight is 266 g/mol. The van der Waals surface area contributed by atoms with Crippen LogP contribution in [0.1, 0.15) is 39.4 Å². The highest BCUT2D eigenvalue weighted by atomic mass is 16.2. The number of rotatable bonds is 2. The maximum Gasteiger partial charge on any atom is 0.317 e. The van der Waals surface area contributed by atoms with Crippen molar-refractivity contribution in [3.8, 4) is 0 Å². The standard InChI is InChI=1S/C12H22N6O/c1-12(2,3)9-4-6-18(7-5-9)11(19)13-8-10-14-16-17-15-10/h9H,4-8H2,1-3H3,(H,13,19)(H,14,15,16,17). The fourth-order valence-electron chi connectivity index (χ4n) is 2.47. The van der Waals surface area contributed by atoms with Crippen LogP contribution in [-0.4, -0.2) is 44.6 Å². The number of likely N-dealkylation sites (tertiary alicyclic amines) is 1. The summed E-state index contributed by atoms with van der Waals surface area (Å²) in [4.78, 5) is 13.8. The molecule has 7 nitrogen and oxygen atoms in total. The van der Waals surface area contributed by atoms with Crippen molar-refractivity contribution in [3.63, 3.8) is 0 Å². The van der Waals surface area contributed by atoms with Crippen LogP contribution in [0.25, 0.3) is 0 Å². The molecule has 106 valence electrons. The van der Waals surface area contributed by atoms with Gasteiger partial charge >= 0.3 is 6.03 Å². The number of H-pyrrole nitrogens is 1. The summed E-state index contributed by atoms with van der Waals surface area (Å²) in [5.41, 5.74) is 0.327. The van der Waals surface area contributed by atoms with E-state index in [0.717, 1.165) is 25.9 Å². The molecule has 2 heterocycles. The lowest BCUT2D eigenvalue weighted by molar-refractivity contribution is 0.122. The Balaban J connectivity index is 1.76. The Morgan fingerprint density at radius 1 is 1.42 bits per heavy atom. The number of amides is 2. The van der Waals surface area contributed by atoms with Gasteiger partial charge in [0, 0.05) is 13.1 Å². The highest BCUT2D eigenvalue weighted by molar-refractivity contribution is 5.74. The molecular formula is C12H22N6O. The van der Waals surface area contributed by atoms with Gasteiger partial charge in [0.1, 0.15) is 0 Å². The Hall–Kier alpha value is -1.66. The molecule has 0 spiro atoms. The molecule has 1 fully saturated rings. The molecule has 0 unspecified atom stereocenters. The average Bonchev–Trinajstić information content (AvgIpc) is 2.88. The van der Waals surface area contributed by atoms with Gasteiger partial charge in [-0.15, -0.1) is 10.2 Å². The highest BCUT2D eigenvalue weighted by Crippen LogP contribution is 2.34. The number of tetrazole rings is 1. The van der Waals surface area contributed by atoms with Crippen molar-refractivity contribution in [2.75, 3.05) is 13.1 Å². The minimum Gasteiger partial charge on any atom is -0.331 e. The van der Waals surface area contributed by atoms with Gasteiger partial charge in [0.2, 0.25) is 0 Å². The zero-order valence-corrected chi connectivity index (χ0v) is 11.8. The van der Waals surface area contributed by atoms with Crippen molar-refractivity contribution in [3.05, 3.63) is 5.82 Å². The molecule has 2 N–H and O–H groups in total. The summed E-state index contributed by atoms with van der Waals surface area (Å²) in [7, 11) is 0. The number of carbonyl (C=O) groups is 1. The van der Waals surface area contributed by atoms with Gasteiger partial charge in [-0.3, -0.25) is 0 Å². The number of nitrogens with one attached hydrogen (secondary N) is 2. The Morgan fingerprint density at radius 2 is 2.11 bits per heavy atom. The van der Waals surface area contributed by atoms with Crippen LogP contribution in [-0.2, 0) is 6.54 Å². The third-order valence-electron chi connectivity index (χ3n) is 3.79. The van der Waals surface area contributed by atoms with E-state index in [1.807, 2.05) is 4.90 Å². The van der Waals surface area contributed by atoms with Gasteiger partial charge in [-0.05, 0) is 24.2 Å². The maximum atomic E-state index is 12.0. The van der Waals surface area contributed by atoms with E-state index in [1.54, 1.807) is 0 Å². The molecule has 0 saturated carbocycles. The fraction of sp³-hybridized carbons (Fsp3) is 0.833. The third kappa shape index (κ3) is 3.65. The monoisotopic (exact) mass is 266 g/mol. The lowest BCUT2D eigenvalue weighted by atomic mass is 9.75. The number of aromatic nitrogens is 4. The molecular weight excluding hydrogens is 244 g/mol. The van der Waals surface area contributed by atoms with Crippen LogP contribution in [0, 0.1) is 11.3 Å². The molecule has 1 saturated heterocycles. The van der Waals surface area contributed by atoms with E-state index in [0.29, 0.717) is 23.7 Å². The summed E-state index contributed by atoms with van der Waals surface area (Å²) in [6.07, 6.45) is 2.14. The first-order valence-electron chi connectivity index (χ1n) is 6.72. The third-order valence-corrected chi connectivity index (χ3v) is 3.79. The molecule has 2 amide bonds. The lowest BCUT2D eigenvalue weighted by Gasteiger charge is -2.38. The van der Waals surface area contributed by atoms with Gasteiger partial charge in [-0.2, -0.15) is 5.21 Å². The molecule has 0 atom stereocenters. The van der Waals surface area contributed by atoms with Gasteiger partial charge in [0.25, 0.3) is 0 Å². The van der Waals surface area contributed by atoms with Gasteiger partial charge < -0.3 is 10.2 Å². The highest BCUT2D eigenvalue weighted by Gasteiger charge is 2.30. The predicted octanol–water partition coefficient (Wildman–Crippen LogP) is 1.17. The minimum absolute atomic E-state index is 0.0443. The molecule has 0 radical (unpaired) electrons. The van der Waals surface area contributed by atoms with E-state index in [9.17, 15) is 4.79 Å². The number of carbonyl (C=O) groups excluding carboxylic acids is 1. The van der Waals surface area contributed by atoms with Gasteiger partial charge in [-0.25, -0.2) is 4.79 Å². The first-order valence-corrected chi connectivity index (χ1v) is 6.72. The van der Waals surface area contributed by atoms with Crippen LogP contribution in [0.3, 0.4) is 0 Å². The van der Waals surface area contributed by atoms with Gasteiger partial charge in [0.05, 0.1) is 6.54 Å². The topological polar surface area (TPSA) is 86.8 Å².